The van der Waals surface area contributed by atoms with Crippen molar-refractivity contribution in [2.24, 2.45) is 4.99 Å². The number of halogens is 2. The van der Waals surface area contributed by atoms with Gasteiger partial charge in [0.25, 0.3) is 0 Å². The van der Waals surface area contributed by atoms with Crippen LogP contribution in [0.3, 0.4) is 0 Å². The van der Waals surface area contributed by atoms with Crippen LogP contribution in [0.5, 0.6) is 0 Å². The highest BCUT2D eigenvalue weighted by Crippen LogP contribution is 2.33. The average Bonchev–Trinajstić information content (AvgIpc) is 3.12. The zero-order valence-electron chi connectivity index (χ0n) is 13.6. The van der Waals surface area contributed by atoms with Gasteiger partial charge in [-0.1, -0.05) is 60.7 Å². The number of hydrogen-bond acceptors (Lipinski definition) is 1. The summed E-state index contributed by atoms with van der Waals surface area (Å²) in [6.07, 6.45) is 1.36. The zero-order chi connectivity index (χ0) is 17.2. The molecule has 0 saturated carbocycles. The fraction of sp³-hybridized carbons (Fsp3) is 0.136. The summed E-state index contributed by atoms with van der Waals surface area (Å²) in [6.45, 7) is 0. The Kier molecular flexibility index (Phi) is 4.14. The van der Waals surface area contributed by atoms with Gasteiger partial charge in [0.05, 0.1) is 11.6 Å². The largest absolute Gasteiger partial charge is 0.281 e. The summed E-state index contributed by atoms with van der Waals surface area (Å²) in [5, 5.41) is 0. The van der Waals surface area contributed by atoms with Gasteiger partial charge in [-0.2, -0.15) is 0 Å². The number of rotatable bonds is 3. The Morgan fingerprint density at radius 3 is 2.04 bits per heavy atom. The highest BCUT2D eigenvalue weighted by atomic mass is 19.1. The van der Waals surface area contributed by atoms with Crippen molar-refractivity contribution in [3.8, 4) is 11.1 Å². The third kappa shape index (κ3) is 3.10. The lowest BCUT2D eigenvalue weighted by Crippen LogP contribution is -2.03. The standard InChI is InChI=1S/C22H17F2N/c23-18-7-4-8-19(24)22(18)21-14-13-20(25-21)17-11-9-16(10-12-17)15-5-2-1-3-6-15/h1-12,20H,13-14H2. The van der Waals surface area contributed by atoms with Crippen molar-refractivity contribution in [3.63, 3.8) is 0 Å². The summed E-state index contributed by atoms with van der Waals surface area (Å²) >= 11 is 0. The highest BCUT2D eigenvalue weighted by molar-refractivity contribution is 6.02. The van der Waals surface area contributed by atoms with E-state index in [1.807, 2.05) is 18.2 Å². The molecule has 3 heteroatoms. The van der Waals surface area contributed by atoms with E-state index in [9.17, 15) is 8.78 Å². The minimum Gasteiger partial charge on any atom is -0.281 e. The van der Waals surface area contributed by atoms with Crippen LogP contribution in [0, 0.1) is 11.6 Å². The molecule has 0 N–H and O–H groups in total. The van der Waals surface area contributed by atoms with Crippen LogP contribution in [-0.4, -0.2) is 5.71 Å². The van der Waals surface area contributed by atoms with Crippen LogP contribution in [0.15, 0.2) is 77.8 Å². The van der Waals surface area contributed by atoms with E-state index in [1.54, 1.807) is 0 Å². The molecule has 1 heterocycles. The van der Waals surface area contributed by atoms with Crippen LogP contribution in [0.25, 0.3) is 11.1 Å². The molecule has 0 saturated heterocycles. The Labute approximate surface area is 145 Å². The van der Waals surface area contributed by atoms with Gasteiger partial charge in [0.15, 0.2) is 0 Å². The third-order valence-electron chi connectivity index (χ3n) is 4.62. The molecule has 0 amide bonds. The Morgan fingerprint density at radius 1 is 0.720 bits per heavy atom. The second-order valence-electron chi connectivity index (χ2n) is 6.21. The minimum absolute atomic E-state index is 0.0194. The van der Waals surface area contributed by atoms with Crippen molar-refractivity contribution in [2.45, 2.75) is 18.9 Å². The lowest BCUT2D eigenvalue weighted by molar-refractivity contribution is 0.578. The smallest absolute Gasteiger partial charge is 0.135 e. The van der Waals surface area contributed by atoms with Crippen LogP contribution < -0.4 is 0 Å². The quantitative estimate of drug-likeness (QED) is 0.561. The minimum atomic E-state index is -0.543. The maximum atomic E-state index is 14.0. The molecule has 1 aliphatic rings. The van der Waals surface area contributed by atoms with E-state index in [4.69, 9.17) is 0 Å². The van der Waals surface area contributed by atoms with Crippen molar-refractivity contribution in [3.05, 3.63) is 95.6 Å². The topological polar surface area (TPSA) is 12.4 Å². The second-order valence-corrected chi connectivity index (χ2v) is 6.21. The first-order valence-corrected chi connectivity index (χ1v) is 8.39. The van der Waals surface area contributed by atoms with Gasteiger partial charge >= 0.3 is 0 Å². The fourth-order valence-electron chi connectivity index (χ4n) is 3.32. The van der Waals surface area contributed by atoms with E-state index < -0.39 is 11.6 Å². The second kappa shape index (κ2) is 6.60. The summed E-state index contributed by atoms with van der Waals surface area (Å²) in [4.78, 5) is 4.59. The van der Waals surface area contributed by atoms with Crippen LogP contribution in [0.2, 0.25) is 0 Å². The molecule has 0 radical (unpaired) electrons. The number of hydrogen-bond donors (Lipinski definition) is 0. The first-order valence-electron chi connectivity index (χ1n) is 8.39. The molecule has 0 bridgehead atoms. The Morgan fingerprint density at radius 2 is 1.36 bits per heavy atom. The van der Waals surface area contributed by atoms with Gasteiger partial charge in [0.2, 0.25) is 0 Å². The van der Waals surface area contributed by atoms with E-state index in [0.29, 0.717) is 12.1 Å². The van der Waals surface area contributed by atoms with E-state index >= 15 is 0 Å². The molecule has 0 fully saturated rings. The Balaban J connectivity index is 1.60. The van der Waals surface area contributed by atoms with Gasteiger partial charge in [0, 0.05) is 5.71 Å². The first-order chi connectivity index (χ1) is 12.2. The van der Waals surface area contributed by atoms with Crippen LogP contribution in [0.1, 0.15) is 30.0 Å². The molecule has 124 valence electrons. The van der Waals surface area contributed by atoms with Gasteiger partial charge in [-0.15, -0.1) is 0 Å². The molecule has 4 rings (SSSR count). The summed E-state index contributed by atoms with van der Waals surface area (Å²) in [5.41, 5.74) is 3.93. The molecule has 3 aromatic carbocycles. The summed E-state index contributed by atoms with van der Waals surface area (Å²) < 4.78 is 27.9. The fourth-order valence-corrected chi connectivity index (χ4v) is 3.32. The molecular formula is C22H17F2N. The van der Waals surface area contributed by atoms with E-state index in [-0.39, 0.29) is 11.6 Å². The molecule has 1 unspecified atom stereocenters. The van der Waals surface area contributed by atoms with Crippen LogP contribution in [-0.2, 0) is 0 Å². The average molecular weight is 333 g/mol. The summed E-state index contributed by atoms with van der Waals surface area (Å²) in [6, 6.07) is 22.3. The zero-order valence-corrected chi connectivity index (χ0v) is 13.6. The molecule has 0 spiro atoms. The van der Waals surface area contributed by atoms with Crippen molar-refractivity contribution < 1.29 is 8.78 Å². The van der Waals surface area contributed by atoms with Crippen molar-refractivity contribution >= 4 is 5.71 Å². The Bertz CT molecular complexity index is 894. The number of nitrogens with zero attached hydrogens (tertiary/aromatic N) is 1. The van der Waals surface area contributed by atoms with Crippen molar-refractivity contribution in [1.29, 1.82) is 0 Å². The Hall–Kier alpha value is -2.81. The normalized spacial score (nSPS) is 16.7. The number of benzene rings is 3. The lowest BCUT2D eigenvalue weighted by Gasteiger charge is -2.08. The van der Waals surface area contributed by atoms with E-state index in [1.165, 1.54) is 18.2 Å². The molecule has 1 atom stereocenters. The van der Waals surface area contributed by atoms with Gasteiger partial charge in [-0.25, -0.2) is 8.78 Å². The predicted molar refractivity (Wildman–Crippen MR) is 96.7 cm³/mol. The molecule has 1 nitrogen and oxygen atoms in total. The van der Waals surface area contributed by atoms with Crippen molar-refractivity contribution in [2.75, 3.05) is 0 Å². The van der Waals surface area contributed by atoms with Gasteiger partial charge in [0.1, 0.15) is 11.6 Å². The molecular weight excluding hydrogens is 316 g/mol. The van der Waals surface area contributed by atoms with Crippen LogP contribution in [0.4, 0.5) is 8.78 Å². The molecule has 0 aliphatic carbocycles. The predicted octanol–water partition coefficient (Wildman–Crippen LogP) is 5.96. The molecule has 25 heavy (non-hydrogen) atoms. The van der Waals surface area contributed by atoms with Gasteiger partial charge in [-0.05, 0) is 41.7 Å². The monoisotopic (exact) mass is 333 g/mol. The maximum Gasteiger partial charge on any atom is 0.135 e. The van der Waals surface area contributed by atoms with Gasteiger partial charge < -0.3 is 0 Å². The summed E-state index contributed by atoms with van der Waals surface area (Å²) in [5.74, 6) is -1.09. The summed E-state index contributed by atoms with van der Waals surface area (Å²) in [7, 11) is 0. The highest BCUT2D eigenvalue weighted by Gasteiger charge is 2.24. The van der Waals surface area contributed by atoms with E-state index in [2.05, 4.69) is 41.4 Å². The lowest BCUT2D eigenvalue weighted by atomic mass is 9.99. The first kappa shape index (κ1) is 15.7. The maximum absolute atomic E-state index is 14.0. The molecule has 0 aromatic heterocycles. The third-order valence-corrected chi connectivity index (χ3v) is 4.62. The van der Waals surface area contributed by atoms with Crippen molar-refractivity contribution in [1.82, 2.24) is 0 Å². The SMILES string of the molecule is Fc1cccc(F)c1C1=NC(c2ccc(-c3ccccc3)cc2)CC1. The number of aliphatic imine (C=N–C) groups is 1. The van der Waals surface area contributed by atoms with Crippen LogP contribution >= 0.6 is 0 Å². The van der Waals surface area contributed by atoms with E-state index in [0.717, 1.165) is 23.1 Å². The molecule has 1 aliphatic heterocycles. The molecule has 3 aromatic rings. The van der Waals surface area contributed by atoms with Gasteiger partial charge in [-0.3, -0.25) is 4.99 Å².